The Hall–Kier alpha value is -7.90. The van der Waals surface area contributed by atoms with E-state index in [9.17, 15) is 0 Å². The third-order valence-corrected chi connectivity index (χ3v) is 11.7. The van der Waals surface area contributed by atoms with Gasteiger partial charge in [-0.15, -0.1) is 0 Å². The first-order valence-electron chi connectivity index (χ1n) is 19.3. The predicted octanol–water partition coefficient (Wildman–Crippen LogP) is 11.9. The van der Waals surface area contributed by atoms with Gasteiger partial charge in [0.2, 0.25) is 11.6 Å². The minimum absolute atomic E-state index is 0.881. The molecule has 0 aliphatic rings. The van der Waals surface area contributed by atoms with Crippen molar-refractivity contribution in [1.29, 1.82) is 0 Å². The molecule has 0 unspecified atom stereocenters. The molecule has 0 aliphatic heterocycles. The minimum atomic E-state index is 0.881. The first-order chi connectivity index (χ1) is 28.3. The highest BCUT2D eigenvalue weighted by Gasteiger charge is 2.22. The lowest BCUT2D eigenvalue weighted by atomic mass is 10.0. The van der Waals surface area contributed by atoms with Crippen molar-refractivity contribution in [3.05, 3.63) is 188 Å². The zero-order valence-corrected chi connectivity index (χ0v) is 30.5. The molecule has 0 atom stereocenters. The van der Waals surface area contributed by atoms with Gasteiger partial charge in [-0.1, -0.05) is 109 Å². The molecule has 0 amide bonds. The summed E-state index contributed by atoms with van der Waals surface area (Å²) in [6.45, 7) is 0. The number of hydrogen-bond acceptors (Lipinski definition) is 2. The lowest BCUT2D eigenvalue weighted by molar-refractivity contribution is 1.09. The molecule has 7 nitrogen and oxygen atoms in total. The number of aromatic nitrogens is 7. The maximum absolute atomic E-state index is 5.27. The van der Waals surface area contributed by atoms with E-state index in [4.69, 9.17) is 9.97 Å². The Kier molecular flexibility index (Phi) is 6.04. The summed E-state index contributed by atoms with van der Waals surface area (Å²) in [5.41, 5.74) is 16.4. The van der Waals surface area contributed by atoms with Crippen LogP contribution < -0.4 is 0 Å². The zero-order chi connectivity index (χ0) is 37.2. The van der Waals surface area contributed by atoms with Gasteiger partial charge in [0.05, 0.1) is 66.5 Å². The van der Waals surface area contributed by atoms with Gasteiger partial charge in [-0.25, -0.2) is 9.97 Å². The second-order valence-corrected chi connectivity index (χ2v) is 14.7. The van der Waals surface area contributed by atoms with Gasteiger partial charge in [0.15, 0.2) is 0 Å². The van der Waals surface area contributed by atoms with E-state index in [1.807, 2.05) is 0 Å². The van der Waals surface area contributed by atoms with E-state index < -0.39 is 0 Å². The largest absolute Gasteiger partial charge is 0.309 e. The molecule has 5 heterocycles. The smallest absolute Gasteiger partial charge is 0.220 e. The summed E-state index contributed by atoms with van der Waals surface area (Å²) in [5.74, 6) is 1.78. The van der Waals surface area contributed by atoms with Crippen molar-refractivity contribution < 1.29 is 0 Å². The summed E-state index contributed by atoms with van der Waals surface area (Å²) in [7, 11) is 0. The summed E-state index contributed by atoms with van der Waals surface area (Å²) >= 11 is 0. The van der Waals surface area contributed by atoms with E-state index >= 15 is 0 Å². The third kappa shape index (κ3) is 4.14. The van der Waals surface area contributed by atoms with Crippen LogP contribution in [0, 0.1) is 0 Å². The molecule has 0 spiro atoms. The highest BCUT2D eigenvalue weighted by molar-refractivity contribution is 6.10. The topological polar surface area (TPSA) is 49.4 Å². The molecule has 0 saturated carbocycles. The van der Waals surface area contributed by atoms with Crippen LogP contribution in [0.25, 0.3) is 106 Å². The van der Waals surface area contributed by atoms with Crippen LogP contribution >= 0.6 is 0 Å². The SMILES string of the molecule is c1ccc(-c2cccc3c2n(-c2cccc(-n4c5ccccc5c5ccc(-n6c7ccccc7n7c8ccccc8nc67)cc54)c2)c2nc4ccccc4n32)cc1. The summed E-state index contributed by atoms with van der Waals surface area (Å²) < 4.78 is 11.6. The number of fused-ring (bicyclic) bond motifs is 13. The monoisotopic (exact) mass is 729 g/mol. The normalized spacial score (nSPS) is 12.2. The fourth-order valence-electron chi connectivity index (χ4n) is 9.30. The molecule has 0 saturated heterocycles. The Morgan fingerprint density at radius 3 is 1.63 bits per heavy atom. The Balaban J connectivity index is 1.09. The van der Waals surface area contributed by atoms with Crippen molar-refractivity contribution in [3.63, 3.8) is 0 Å². The van der Waals surface area contributed by atoms with E-state index in [2.05, 4.69) is 211 Å². The molecular weight excluding hydrogens is 699 g/mol. The number of rotatable bonds is 4. The molecule has 13 aromatic rings. The maximum Gasteiger partial charge on any atom is 0.220 e. The molecule has 266 valence electrons. The first kappa shape index (κ1) is 30.4. The van der Waals surface area contributed by atoms with Crippen LogP contribution in [0.3, 0.4) is 0 Å². The van der Waals surface area contributed by atoms with E-state index in [0.717, 1.165) is 94.9 Å². The number of benzene rings is 8. The number of hydrogen-bond donors (Lipinski definition) is 0. The van der Waals surface area contributed by atoms with Crippen molar-refractivity contribution in [2.75, 3.05) is 0 Å². The molecule has 0 aliphatic carbocycles. The Labute approximate surface area is 325 Å². The summed E-state index contributed by atoms with van der Waals surface area (Å²) in [5, 5.41) is 2.40. The van der Waals surface area contributed by atoms with Crippen molar-refractivity contribution in [2.45, 2.75) is 0 Å². The molecule has 7 heteroatoms. The van der Waals surface area contributed by atoms with Gasteiger partial charge in [0.1, 0.15) is 0 Å². The van der Waals surface area contributed by atoms with Crippen LogP contribution in [0.1, 0.15) is 0 Å². The average molecular weight is 730 g/mol. The molecule has 13 rings (SSSR count). The molecule has 5 aromatic heterocycles. The summed E-state index contributed by atoms with van der Waals surface area (Å²) in [4.78, 5) is 10.4. The Morgan fingerprint density at radius 2 is 0.860 bits per heavy atom. The fraction of sp³-hybridized carbons (Fsp3) is 0. The molecule has 0 fully saturated rings. The van der Waals surface area contributed by atoms with Crippen molar-refractivity contribution in [3.8, 4) is 28.2 Å². The maximum atomic E-state index is 5.27. The van der Waals surface area contributed by atoms with E-state index in [0.29, 0.717) is 0 Å². The number of para-hydroxylation sites is 8. The fourth-order valence-corrected chi connectivity index (χ4v) is 9.30. The second-order valence-electron chi connectivity index (χ2n) is 14.7. The van der Waals surface area contributed by atoms with Crippen LogP contribution in [0.5, 0.6) is 0 Å². The molecule has 57 heavy (non-hydrogen) atoms. The highest BCUT2D eigenvalue weighted by Crippen LogP contribution is 2.39. The molecule has 8 aromatic carbocycles. The zero-order valence-electron chi connectivity index (χ0n) is 30.5. The summed E-state index contributed by atoms with van der Waals surface area (Å²) in [6.07, 6.45) is 0. The highest BCUT2D eigenvalue weighted by atomic mass is 15.2. The van der Waals surface area contributed by atoms with Gasteiger partial charge >= 0.3 is 0 Å². The summed E-state index contributed by atoms with van der Waals surface area (Å²) in [6, 6.07) is 67.1. The van der Waals surface area contributed by atoms with Crippen LogP contribution in [0.15, 0.2) is 188 Å². The van der Waals surface area contributed by atoms with Gasteiger partial charge < -0.3 is 4.57 Å². The van der Waals surface area contributed by atoms with Crippen LogP contribution in [0.4, 0.5) is 0 Å². The molecular formula is C50H31N7. The van der Waals surface area contributed by atoms with Crippen LogP contribution in [0.2, 0.25) is 0 Å². The Morgan fingerprint density at radius 1 is 0.316 bits per heavy atom. The second kappa shape index (κ2) is 11.3. The quantitative estimate of drug-likeness (QED) is 0.181. The minimum Gasteiger partial charge on any atom is -0.309 e. The van der Waals surface area contributed by atoms with Crippen LogP contribution in [-0.2, 0) is 0 Å². The average Bonchev–Trinajstić information content (AvgIpc) is 4.06. The van der Waals surface area contributed by atoms with E-state index in [1.54, 1.807) is 0 Å². The Bertz CT molecular complexity index is 3760. The van der Waals surface area contributed by atoms with E-state index in [1.165, 1.54) is 10.8 Å². The number of imidazole rings is 4. The predicted molar refractivity (Wildman–Crippen MR) is 232 cm³/mol. The lowest BCUT2D eigenvalue weighted by Gasteiger charge is -2.14. The third-order valence-electron chi connectivity index (χ3n) is 11.7. The van der Waals surface area contributed by atoms with Crippen molar-refractivity contribution >= 4 is 77.5 Å². The van der Waals surface area contributed by atoms with Gasteiger partial charge in [0, 0.05) is 22.0 Å². The lowest BCUT2D eigenvalue weighted by Crippen LogP contribution is -2.00. The molecule has 0 N–H and O–H groups in total. The van der Waals surface area contributed by atoms with Gasteiger partial charge in [-0.2, -0.15) is 0 Å². The van der Waals surface area contributed by atoms with Gasteiger partial charge in [0.25, 0.3) is 0 Å². The first-order valence-corrected chi connectivity index (χ1v) is 19.3. The molecule has 0 bridgehead atoms. The van der Waals surface area contributed by atoms with Crippen molar-refractivity contribution in [1.82, 2.24) is 32.5 Å². The van der Waals surface area contributed by atoms with Crippen molar-refractivity contribution in [2.24, 2.45) is 0 Å². The number of nitrogens with zero attached hydrogens (tertiary/aromatic N) is 7. The van der Waals surface area contributed by atoms with E-state index in [-0.39, 0.29) is 0 Å². The van der Waals surface area contributed by atoms with Crippen LogP contribution in [-0.4, -0.2) is 32.5 Å². The molecule has 0 radical (unpaired) electrons. The standard InChI is InChI=1S/C50H31N7/c1-2-14-32(15-3-1)36-19-13-27-46-48(36)55(50-52-40-21-6-9-24-43(40)57(46)50)34-17-12-16-33(30-34)53-41-22-7-4-18-37(41)38-29-28-35(31-47(38)53)54-44-25-10-11-26-45(44)56-42-23-8-5-20-39(42)51-49(54)56/h1-31H. The van der Waals surface area contributed by atoms with Gasteiger partial charge in [-0.3, -0.25) is 17.9 Å². The van der Waals surface area contributed by atoms with Gasteiger partial charge in [-0.05, 0) is 84.4 Å².